The van der Waals surface area contributed by atoms with E-state index in [-0.39, 0.29) is 16.9 Å². The minimum Gasteiger partial charge on any atom is -0.444 e. The molecule has 1 aromatic carbocycles. The molecule has 0 saturated carbocycles. The Morgan fingerprint density at radius 3 is 2.60 bits per heavy atom. The van der Waals surface area contributed by atoms with Crippen molar-refractivity contribution in [3.63, 3.8) is 0 Å². The summed E-state index contributed by atoms with van der Waals surface area (Å²) in [5.74, 6) is 0. The van der Waals surface area contributed by atoms with Crippen LogP contribution in [0.15, 0.2) is 17.3 Å². The molecule has 1 saturated heterocycles. The molecule has 8 heteroatoms. The Morgan fingerprint density at radius 1 is 1.30 bits per heavy atom. The van der Waals surface area contributed by atoms with E-state index in [9.17, 15) is 4.79 Å². The number of halogens is 1. The van der Waals surface area contributed by atoms with Gasteiger partial charge in [-0.05, 0) is 46.2 Å². The Hall–Kier alpha value is -1.60. The van der Waals surface area contributed by atoms with Crippen molar-refractivity contribution in [2.24, 2.45) is 0 Å². The molecule has 0 spiro atoms. The highest BCUT2D eigenvalue weighted by atomic mass is 35.5. The van der Waals surface area contributed by atoms with Crippen LogP contribution in [0.4, 0.5) is 10.5 Å². The van der Waals surface area contributed by atoms with E-state index in [1.807, 2.05) is 33.8 Å². The molecule has 30 heavy (non-hydrogen) atoms. The fourth-order valence-electron chi connectivity index (χ4n) is 3.39. The molecule has 2 aromatic rings. The number of rotatable bonds is 4. The van der Waals surface area contributed by atoms with Gasteiger partial charge in [0.05, 0.1) is 21.7 Å². The molecule has 1 atom stereocenters. The molecule has 0 bridgehead atoms. The highest BCUT2D eigenvalue weighted by molar-refractivity contribution is 8.00. The number of nitrogens with one attached hydrogen (secondary N) is 1. The van der Waals surface area contributed by atoms with Crippen LogP contribution in [0.2, 0.25) is 5.02 Å². The fraction of sp³-hybridized carbons (Fsp3) is 0.636. The first kappa shape index (κ1) is 23.1. The van der Waals surface area contributed by atoms with E-state index in [0.29, 0.717) is 24.7 Å². The van der Waals surface area contributed by atoms with Crippen LogP contribution >= 0.6 is 23.4 Å². The SMILES string of the molecule is CCC(C)(C)Sc1nc2cc(Cl)c(N3CCN(C(=O)OC(C)(C)C)C(C)C3)cc2[nH]1. The summed E-state index contributed by atoms with van der Waals surface area (Å²) >= 11 is 8.38. The van der Waals surface area contributed by atoms with E-state index in [2.05, 4.69) is 36.7 Å². The monoisotopic (exact) mass is 452 g/mol. The molecule has 0 aliphatic carbocycles. The second kappa shape index (κ2) is 8.50. The minimum absolute atomic E-state index is 0.0265. The summed E-state index contributed by atoms with van der Waals surface area (Å²) in [6, 6.07) is 4.03. The maximum absolute atomic E-state index is 12.5. The molecule has 1 unspecified atom stereocenters. The number of imidazole rings is 1. The van der Waals surface area contributed by atoms with E-state index in [1.165, 1.54) is 0 Å². The summed E-state index contributed by atoms with van der Waals surface area (Å²) in [6.07, 6.45) is 0.797. The first-order valence-electron chi connectivity index (χ1n) is 10.5. The Balaban J connectivity index is 1.77. The minimum atomic E-state index is -0.495. The first-order valence-corrected chi connectivity index (χ1v) is 11.7. The number of fused-ring (bicyclic) bond motifs is 1. The zero-order valence-corrected chi connectivity index (χ0v) is 20.6. The number of aromatic nitrogens is 2. The summed E-state index contributed by atoms with van der Waals surface area (Å²) in [5.41, 5.74) is 2.32. The third-order valence-electron chi connectivity index (χ3n) is 5.35. The number of thioether (sulfide) groups is 1. The average Bonchev–Trinajstić information content (AvgIpc) is 2.99. The lowest BCUT2D eigenvalue weighted by molar-refractivity contribution is 0.0159. The van der Waals surface area contributed by atoms with Crippen molar-refractivity contribution in [1.29, 1.82) is 0 Å². The number of benzene rings is 1. The Labute approximate surface area is 188 Å². The molecule has 3 rings (SSSR count). The Bertz CT molecular complexity index is 922. The molecule has 1 amide bonds. The molecule has 1 N–H and O–H groups in total. The van der Waals surface area contributed by atoms with Gasteiger partial charge < -0.3 is 19.5 Å². The van der Waals surface area contributed by atoms with Gasteiger partial charge in [0.1, 0.15) is 5.60 Å². The predicted molar refractivity (Wildman–Crippen MR) is 126 cm³/mol. The van der Waals surface area contributed by atoms with Crippen molar-refractivity contribution in [3.05, 3.63) is 17.2 Å². The maximum Gasteiger partial charge on any atom is 0.410 e. The third kappa shape index (κ3) is 5.35. The van der Waals surface area contributed by atoms with Gasteiger partial charge in [0.25, 0.3) is 0 Å². The van der Waals surface area contributed by atoms with E-state index < -0.39 is 5.60 Å². The number of H-pyrrole nitrogens is 1. The number of carbonyl (C=O) groups excluding carboxylic acids is 1. The third-order valence-corrected chi connectivity index (χ3v) is 6.88. The highest BCUT2D eigenvalue weighted by Crippen LogP contribution is 2.37. The van der Waals surface area contributed by atoms with Gasteiger partial charge in [-0.2, -0.15) is 0 Å². The summed E-state index contributed by atoms with van der Waals surface area (Å²) < 4.78 is 5.67. The van der Waals surface area contributed by atoms with E-state index in [1.54, 1.807) is 16.7 Å². The lowest BCUT2D eigenvalue weighted by atomic mass is 10.1. The second-order valence-electron chi connectivity index (χ2n) is 9.55. The molecular formula is C22H33ClN4O2S. The average molecular weight is 453 g/mol. The molecule has 1 aliphatic rings. The zero-order valence-electron chi connectivity index (χ0n) is 19.0. The van der Waals surface area contributed by atoms with Crippen LogP contribution in [0.25, 0.3) is 11.0 Å². The molecule has 0 radical (unpaired) electrons. The molecule has 2 heterocycles. The van der Waals surface area contributed by atoms with Gasteiger partial charge in [-0.15, -0.1) is 0 Å². The number of amides is 1. The van der Waals surface area contributed by atoms with Crippen LogP contribution in [0.1, 0.15) is 54.9 Å². The molecular weight excluding hydrogens is 420 g/mol. The van der Waals surface area contributed by atoms with Crippen molar-refractivity contribution < 1.29 is 9.53 Å². The smallest absolute Gasteiger partial charge is 0.410 e. The summed E-state index contributed by atoms with van der Waals surface area (Å²) in [4.78, 5) is 24.7. The number of ether oxygens (including phenoxy) is 1. The van der Waals surface area contributed by atoms with Gasteiger partial charge in [0.2, 0.25) is 0 Å². The van der Waals surface area contributed by atoms with Crippen molar-refractivity contribution in [3.8, 4) is 0 Å². The Morgan fingerprint density at radius 2 is 2.00 bits per heavy atom. The van der Waals surface area contributed by atoms with Crippen molar-refractivity contribution in [2.45, 2.75) is 76.4 Å². The topological polar surface area (TPSA) is 61.5 Å². The lowest BCUT2D eigenvalue weighted by Gasteiger charge is -2.41. The number of hydrogen-bond acceptors (Lipinski definition) is 5. The van der Waals surface area contributed by atoms with Gasteiger partial charge in [-0.25, -0.2) is 9.78 Å². The Kier molecular flexibility index (Phi) is 6.54. The zero-order chi connectivity index (χ0) is 22.3. The number of anilines is 1. The number of hydrogen-bond donors (Lipinski definition) is 1. The molecule has 166 valence electrons. The van der Waals surface area contributed by atoms with Crippen LogP contribution in [0.5, 0.6) is 0 Å². The highest BCUT2D eigenvalue weighted by Gasteiger charge is 2.31. The fourth-order valence-corrected chi connectivity index (χ4v) is 4.64. The molecule has 6 nitrogen and oxygen atoms in total. The molecule has 1 fully saturated rings. The number of aromatic amines is 1. The predicted octanol–water partition coefficient (Wildman–Crippen LogP) is 5.94. The van der Waals surface area contributed by atoms with Gasteiger partial charge in [0, 0.05) is 30.4 Å². The molecule has 1 aliphatic heterocycles. The van der Waals surface area contributed by atoms with Crippen molar-refractivity contribution >= 4 is 46.2 Å². The number of carbonyl (C=O) groups is 1. The van der Waals surface area contributed by atoms with Crippen LogP contribution in [0, 0.1) is 0 Å². The van der Waals surface area contributed by atoms with Gasteiger partial charge >= 0.3 is 6.09 Å². The van der Waals surface area contributed by atoms with Gasteiger partial charge in [0.15, 0.2) is 5.16 Å². The van der Waals surface area contributed by atoms with Crippen molar-refractivity contribution in [1.82, 2.24) is 14.9 Å². The van der Waals surface area contributed by atoms with Crippen LogP contribution in [-0.4, -0.2) is 57.0 Å². The summed E-state index contributed by atoms with van der Waals surface area (Å²) in [7, 11) is 0. The van der Waals surface area contributed by atoms with Crippen LogP contribution in [0.3, 0.4) is 0 Å². The van der Waals surface area contributed by atoms with Gasteiger partial charge in [-0.3, -0.25) is 0 Å². The van der Waals surface area contributed by atoms with Crippen LogP contribution in [-0.2, 0) is 4.74 Å². The summed E-state index contributed by atoms with van der Waals surface area (Å²) in [6.45, 7) is 16.3. The standard InChI is InChI=1S/C22H33ClN4O2S/c1-8-22(6,7)30-19-24-16-11-15(23)18(12-17(16)25-19)26-9-10-27(14(2)13-26)20(28)29-21(3,4)5/h11-12,14H,8-10,13H2,1-7H3,(H,24,25). The van der Waals surface area contributed by atoms with Crippen LogP contribution < -0.4 is 4.90 Å². The molecule has 1 aromatic heterocycles. The number of piperazine rings is 1. The quantitative estimate of drug-likeness (QED) is 0.581. The van der Waals surface area contributed by atoms with Crippen molar-refractivity contribution in [2.75, 3.05) is 24.5 Å². The van der Waals surface area contributed by atoms with Gasteiger partial charge in [-0.1, -0.05) is 44.1 Å². The maximum atomic E-state index is 12.5. The van der Waals surface area contributed by atoms with E-state index >= 15 is 0 Å². The van der Waals surface area contributed by atoms with E-state index in [0.717, 1.165) is 28.3 Å². The largest absolute Gasteiger partial charge is 0.444 e. The summed E-state index contributed by atoms with van der Waals surface area (Å²) in [5, 5.41) is 1.59. The first-order chi connectivity index (χ1) is 13.9. The number of nitrogens with zero attached hydrogens (tertiary/aromatic N) is 3. The normalized spacial score (nSPS) is 18.2. The van der Waals surface area contributed by atoms with E-state index in [4.69, 9.17) is 21.3 Å². The lowest BCUT2D eigenvalue weighted by Crippen LogP contribution is -2.55. The second-order valence-corrected chi connectivity index (χ2v) is 11.7.